The van der Waals surface area contributed by atoms with Crippen LogP contribution < -0.4 is 10.2 Å². The van der Waals surface area contributed by atoms with Crippen molar-refractivity contribution >= 4 is 50.8 Å². The Morgan fingerprint density at radius 2 is 2.00 bits per heavy atom. The van der Waals surface area contributed by atoms with Gasteiger partial charge in [-0.15, -0.1) is 11.3 Å². The molecule has 1 aliphatic heterocycles. The van der Waals surface area contributed by atoms with Gasteiger partial charge in [-0.1, -0.05) is 0 Å². The van der Waals surface area contributed by atoms with E-state index in [0.717, 1.165) is 15.1 Å². The first kappa shape index (κ1) is 12.3. The standard InChI is InChI=1S/C11H9ClN4O2S/c1-5-2-6-9(14-11(12)15-10(6)19-5)16-3-7(17)13-8(18)4-16/h2H,3-4H2,1H3,(H,13,17,18). The quantitative estimate of drug-likeness (QED) is 0.630. The number of nitrogens with one attached hydrogen (secondary N) is 1. The number of halogens is 1. The summed E-state index contributed by atoms with van der Waals surface area (Å²) in [5, 5.41) is 3.18. The van der Waals surface area contributed by atoms with E-state index >= 15 is 0 Å². The van der Waals surface area contributed by atoms with E-state index in [9.17, 15) is 9.59 Å². The van der Waals surface area contributed by atoms with E-state index in [4.69, 9.17) is 11.6 Å². The largest absolute Gasteiger partial charge is 0.337 e. The van der Waals surface area contributed by atoms with Gasteiger partial charge in [-0.25, -0.2) is 4.98 Å². The van der Waals surface area contributed by atoms with E-state index in [1.54, 1.807) is 4.90 Å². The third-order valence-electron chi connectivity index (χ3n) is 2.72. The summed E-state index contributed by atoms with van der Waals surface area (Å²) in [6.07, 6.45) is 0. The first-order valence-electron chi connectivity index (χ1n) is 5.54. The van der Waals surface area contributed by atoms with Crippen molar-refractivity contribution in [3.63, 3.8) is 0 Å². The number of carbonyl (C=O) groups is 2. The van der Waals surface area contributed by atoms with Crippen LogP contribution in [-0.2, 0) is 9.59 Å². The fourth-order valence-electron chi connectivity index (χ4n) is 2.03. The molecule has 1 aliphatic rings. The molecule has 0 saturated carbocycles. The van der Waals surface area contributed by atoms with E-state index in [-0.39, 0.29) is 30.2 Å². The average Bonchev–Trinajstić information content (AvgIpc) is 2.66. The number of nitrogens with zero attached hydrogens (tertiary/aromatic N) is 3. The Morgan fingerprint density at radius 3 is 2.68 bits per heavy atom. The molecule has 6 nitrogen and oxygen atoms in total. The molecule has 98 valence electrons. The summed E-state index contributed by atoms with van der Waals surface area (Å²) in [4.78, 5) is 34.6. The highest BCUT2D eigenvalue weighted by Crippen LogP contribution is 2.31. The molecule has 0 aliphatic carbocycles. The molecule has 3 rings (SSSR count). The van der Waals surface area contributed by atoms with Crippen molar-refractivity contribution in [3.05, 3.63) is 16.2 Å². The van der Waals surface area contributed by atoms with Crippen LogP contribution in [0.25, 0.3) is 10.2 Å². The highest BCUT2D eigenvalue weighted by molar-refractivity contribution is 7.18. The molecule has 1 fully saturated rings. The van der Waals surface area contributed by atoms with Gasteiger partial charge in [0, 0.05) is 4.88 Å². The number of aryl methyl sites for hydroxylation is 1. The van der Waals surface area contributed by atoms with Crippen molar-refractivity contribution in [1.29, 1.82) is 0 Å². The predicted molar refractivity (Wildman–Crippen MR) is 72.5 cm³/mol. The van der Waals surface area contributed by atoms with E-state index in [1.807, 2.05) is 13.0 Å². The van der Waals surface area contributed by atoms with E-state index in [2.05, 4.69) is 15.3 Å². The minimum absolute atomic E-state index is 0.0864. The summed E-state index contributed by atoms with van der Waals surface area (Å²) < 4.78 is 0. The maximum absolute atomic E-state index is 11.4. The summed E-state index contributed by atoms with van der Waals surface area (Å²) in [5.74, 6) is -0.153. The molecule has 0 spiro atoms. The molecule has 0 atom stereocenters. The van der Waals surface area contributed by atoms with Crippen LogP contribution in [0.1, 0.15) is 4.88 Å². The van der Waals surface area contributed by atoms with Crippen LogP contribution in [0, 0.1) is 6.92 Å². The van der Waals surface area contributed by atoms with Crippen molar-refractivity contribution in [3.8, 4) is 0 Å². The normalized spacial score (nSPS) is 16.0. The van der Waals surface area contributed by atoms with Gasteiger partial charge in [-0.2, -0.15) is 4.98 Å². The van der Waals surface area contributed by atoms with Crippen LogP contribution in [-0.4, -0.2) is 34.9 Å². The molecule has 8 heteroatoms. The Hall–Kier alpha value is -1.73. The van der Waals surface area contributed by atoms with Crippen molar-refractivity contribution in [2.24, 2.45) is 0 Å². The Kier molecular flexibility index (Phi) is 2.87. The van der Waals surface area contributed by atoms with E-state index in [0.29, 0.717) is 5.82 Å². The zero-order valence-electron chi connectivity index (χ0n) is 9.94. The number of aromatic nitrogens is 2. The second-order valence-corrected chi connectivity index (χ2v) is 5.79. The number of thiophene rings is 1. The fourth-order valence-corrected chi connectivity index (χ4v) is 3.12. The number of fused-ring (bicyclic) bond motifs is 1. The van der Waals surface area contributed by atoms with Gasteiger partial charge in [0.15, 0.2) is 0 Å². The minimum atomic E-state index is -0.342. The van der Waals surface area contributed by atoms with Crippen LogP contribution in [0.15, 0.2) is 6.07 Å². The summed E-state index contributed by atoms with van der Waals surface area (Å²) >= 11 is 7.40. The number of hydrogen-bond donors (Lipinski definition) is 1. The van der Waals surface area contributed by atoms with Crippen molar-refractivity contribution in [1.82, 2.24) is 15.3 Å². The third-order valence-corrected chi connectivity index (χ3v) is 3.83. The van der Waals surface area contributed by atoms with Crippen LogP contribution in [0.5, 0.6) is 0 Å². The molecule has 0 aromatic carbocycles. The summed E-state index contributed by atoms with van der Waals surface area (Å²) in [6, 6.07) is 1.93. The third kappa shape index (κ3) is 2.26. The Bertz CT molecular complexity index is 683. The van der Waals surface area contributed by atoms with Crippen LogP contribution >= 0.6 is 22.9 Å². The lowest BCUT2D eigenvalue weighted by atomic mass is 10.3. The first-order valence-corrected chi connectivity index (χ1v) is 6.73. The highest BCUT2D eigenvalue weighted by Gasteiger charge is 2.25. The maximum atomic E-state index is 11.4. The summed E-state index contributed by atoms with van der Waals surface area (Å²) in [6.45, 7) is 2.13. The van der Waals surface area contributed by atoms with Crippen LogP contribution in [0.4, 0.5) is 5.82 Å². The second-order valence-electron chi connectivity index (χ2n) is 4.22. The first-order chi connectivity index (χ1) is 9.02. The number of carbonyl (C=O) groups excluding carboxylic acids is 2. The van der Waals surface area contributed by atoms with E-state index in [1.165, 1.54) is 11.3 Å². The zero-order valence-corrected chi connectivity index (χ0v) is 11.5. The van der Waals surface area contributed by atoms with Gasteiger partial charge in [-0.05, 0) is 24.6 Å². The number of imide groups is 1. The highest BCUT2D eigenvalue weighted by atomic mass is 35.5. The minimum Gasteiger partial charge on any atom is -0.337 e. The molecule has 0 radical (unpaired) electrons. The van der Waals surface area contributed by atoms with Gasteiger partial charge >= 0.3 is 0 Å². The topological polar surface area (TPSA) is 75.2 Å². The molecule has 3 heterocycles. The zero-order chi connectivity index (χ0) is 13.6. The van der Waals surface area contributed by atoms with Gasteiger partial charge in [0.25, 0.3) is 0 Å². The molecule has 2 amide bonds. The Labute approximate surface area is 117 Å². The molecule has 0 unspecified atom stereocenters. The SMILES string of the molecule is Cc1cc2c(N3CC(=O)NC(=O)C3)nc(Cl)nc2s1. The number of piperazine rings is 1. The number of anilines is 1. The Morgan fingerprint density at radius 1 is 1.32 bits per heavy atom. The lowest BCUT2D eigenvalue weighted by molar-refractivity contribution is -0.130. The van der Waals surface area contributed by atoms with Gasteiger partial charge in [0.05, 0.1) is 18.5 Å². The number of rotatable bonds is 1. The second kappa shape index (κ2) is 4.43. The van der Waals surface area contributed by atoms with E-state index < -0.39 is 0 Å². The fraction of sp³-hybridized carbons (Fsp3) is 0.273. The molecular formula is C11H9ClN4O2S. The van der Waals surface area contributed by atoms with Crippen LogP contribution in [0.3, 0.4) is 0 Å². The maximum Gasteiger partial charge on any atom is 0.246 e. The monoisotopic (exact) mass is 296 g/mol. The summed E-state index contributed by atoms with van der Waals surface area (Å²) in [5.41, 5.74) is 0. The molecular weight excluding hydrogens is 288 g/mol. The molecule has 19 heavy (non-hydrogen) atoms. The lowest BCUT2D eigenvalue weighted by Gasteiger charge is -2.26. The van der Waals surface area contributed by atoms with Crippen molar-refractivity contribution in [2.45, 2.75) is 6.92 Å². The molecule has 1 N–H and O–H groups in total. The number of amides is 2. The molecule has 2 aromatic heterocycles. The average molecular weight is 297 g/mol. The van der Waals surface area contributed by atoms with Crippen molar-refractivity contribution < 1.29 is 9.59 Å². The van der Waals surface area contributed by atoms with Gasteiger partial charge in [0.1, 0.15) is 10.6 Å². The smallest absolute Gasteiger partial charge is 0.246 e. The van der Waals surface area contributed by atoms with Gasteiger partial charge < -0.3 is 4.90 Å². The van der Waals surface area contributed by atoms with Crippen LogP contribution in [0.2, 0.25) is 5.28 Å². The molecule has 2 aromatic rings. The lowest BCUT2D eigenvalue weighted by Crippen LogP contribution is -2.51. The van der Waals surface area contributed by atoms with Crippen molar-refractivity contribution in [2.75, 3.05) is 18.0 Å². The number of hydrogen-bond acceptors (Lipinski definition) is 6. The molecule has 1 saturated heterocycles. The molecule has 0 bridgehead atoms. The Balaban J connectivity index is 2.13. The summed E-state index contributed by atoms with van der Waals surface area (Å²) in [7, 11) is 0. The van der Waals surface area contributed by atoms with Gasteiger partial charge in [-0.3, -0.25) is 14.9 Å². The van der Waals surface area contributed by atoms with Gasteiger partial charge in [0.2, 0.25) is 17.1 Å². The predicted octanol–water partition coefficient (Wildman–Crippen LogP) is 1.12.